The van der Waals surface area contributed by atoms with Crippen LogP contribution in [0.1, 0.15) is 0 Å². The summed E-state index contributed by atoms with van der Waals surface area (Å²) in [6, 6.07) is 56.5. The number of para-hydroxylation sites is 1. The molecule has 0 spiro atoms. The normalized spacial score (nSPS) is 11.6. The number of hydrogen-bond donors (Lipinski definition) is 0. The monoisotopic (exact) mass is 578 g/mol. The van der Waals surface area contributed by atoms with Gasteiger partial charge in [0.15, 0.2) is 0 Å². The highest BCUT2D eigenvalue weighted by Gasteiger charge is 2.16. The van der Waals surface area contributed by atoms with Crippen LogP contribution in [0.15, 0.2) is 158 Å². The van der Waals surface area contributed by atoms with Crippen molar-refractivity contribution in [1.82, 2.24) is 9.55 Å². The fraction of sp³-hybridized carbons (Fsp3) is 0. The van der Waals surface area contributed by atoms with Crippen LogP contribution in [0.3, 0.4) is 0 Å². The van der Waals surface area contributed by atoms with Crippen LogP contribution in [0.4, 0.5) is 0 Å². The van der Waals surface area contributed by atoms with Crippen LogP contribution in [0.25, 0.3) is 81.3 Å². The van der Waals surface area contributed by atoms with Crippen molar-refractivity contribution in [3.05, 3.63) is 158 Å². The second-order valence-electron chi connectivity index (χ2n) is 11.2. The maximum atomic E-state index is 5.06. The Morgan fingerprint density at radius 2 is 1.00 bits per heavy atom. The van der Waals surface area contributed by atoms with Crippen molar-refractivity contribution in [3.8, 4) is 39.3 Å². The van der Waals surface area contributed by atoms with E-state index in [1.165, 1.54) is 42.0 Å². The fourth-order valence-electron chi connectivity index (χ4n) is 6.48. The molecule has 0 atom stereocenters. The first-order chi connectivity index (χ1) is 21.8. The van der Waals surface area contributed by atoms with Gasteiger partial charge in [-0.05, 0) is 59.7 Å². The molecule has 0 radical (unpaired) electrons. The number of aromatic nitrogens is 2. The van der Waals surface area contributed by atoms with Gasteiger partial charge in [-0.3, -0.25) is 0 Å². The van der Waals surface area contributed by atoms with Gasteiger partial charge in [0.05, 0.1) is 22.4 Å². The minimum absolute atomic E-state index is 0.973. The van der Waals surface area contributed by atoms with E-state index in [0.717, 1.165) is 39.3 Å². The maximum Gasteiger partial charge on any atom is 0.0715 e. The van der Waals surface area contributed by atoms with E-state index in [-0.39, 0.29) is 0 Å². The Morgan fingerprint density at radius 3 is 1.70 bits per heavy atom. The molecule has 0 N–H and O–H groups in total. The van der Waals surface area contributed by atoms with Gasteiger partial charge in [0.25, 0.3) is 0 Å². The summed E-state index contributed by atoms with van der Waals surface area (Å²) in [5, 5.41) is 5.22. The Kier molecular flexibility index (Phi) is 5.71. The van der Waals surface area contributed by atoms with E-state index in [0.29, 0.717) is 0 Å². The maximum absolute atomic E-state index is 5.06. The zero-order valence-electron chi connectivity index (χ0n) is 23.8. The van der Waals surface area contributed by atoms with Crippen molar-refractivity contribution in [3.63, 3.8) is 0 Å². The SMILES string of the molecule is c1ccc(-c2cc(-c3ccc(-n4c5ccccc5c5cc6c(cc54)sc4ccccc46)cc3)cc(-c3ccccc3)n2)cc1. The zero-order chi connectivity index (χ0) is 29.0. The van der Waals surface area contributed by atoms with Crippen LogP contribution in [-0.2, 0) is 0 Å². The number of nitrogens with zero attached hydrogens (tertiary/aromatic N) is 2. The van der Waals surface area contributed by atoms with Crippen molar-refractivity contribution >= 4 is 53.3 Å². The van der Waals surface area contributed by atoms with Crippen LogP contribution < -0.4 is 0 Å². The molecule has 44 heavy (non-hydrogen) atoms. The number of hydrogen-bond acceptors (Lipinski definition) is 2. The molecule has 3 aromatic heterocycles. The summed E-state index contributed by atoms with van der Waals surface area (Å²) in [7, 11) is 0. The molecule has 0 aliphatic rings. The highest BCUT2D eigenvalue weighted by molar-refractivity contribution is 7.25. The van der Waals surface area contributed by atoms with Crippen molar-refractivity contribution in [2.24, 2.45) is 0 Å². The van der Waals surface area contributed by atoms with Crippen molar-refractivity contribution < 1.29 is 0 Å². The third-order valence-electron chi connectivity index (χ3n) is 8.59. The van der Waals surface area contributed by atoms with Crippen LogP contribution in [0, 0.1) is 0 Å². The van der Waals surface area contributed by atoms with E-state index >= 15 is 0 Å². The predicted octanol–water partition coefficient (Wildman–Crippen LogP) is 11.5. The molecule has 9 rings (SSSR count). The van der Waals surface area contributed by atoms with Gasteiger partial charge >= 0.3 is 0 Å². The second-order valence-corrected chi connectivity index (χ2v) is 12.3. The van der Waals surface area contributed by atoms with Gasteiger partial charge < -0.3 is 4.57 Å². The molecule has 206 valence electrons. The van der Waals surface area contributed by atoms with Gasteiger partial charge in [-0.25, -0.2) is 4.98 Å². The summed E-state index contributed by atoms with van der Waals surface area (Å²) < 4.78 is 5.06. The van der Waals surface area contributed by atoms with E-state index in [9.17, 15) is 0 Å². The molecule has 0 fully saturated rings. The van der Waals surface area contributed by atoms with Gasteiger partial charge in [0.2, 0.25) is 0 Å². The molecular weight excluding hydrogens is 553 g/mol. The molecule has 0 aliphatic heterocycles. The van der Waals surface area contributed by atoms with E-state index < -0.39 is 0 Å². The molecule has 6 aromatic carbocycles. The minimum Gasteiger partial charge on any atom is -0.309 e. The van der Waals surface area contributed by atoms with E-state index in [2.05, 4.69) is 150 Å². The Balaban J connectivity index is 1.21. The summed E-state index contributed by atoms with van der Waals surface area (Å²) in [4.78, 5) is 5.06. The van der Waals surface area contributed by atoms with Gasteiger partial charge in [-0.2, -0.15) is 0 Å². The number of pyridine rings is 1. The first kappa shape index (κ1) is 25.0. The van der Waals surface area contributed by atoms with E-state index in [4.69, 9.17) is 4.98 Å². The van der Waals surface area contributed by atoms with Gasteiger partial charge in [-0.15, -0.1) is 11.3 Å². The highest BCUT2D eigenvalue weighted by atomic mass is 32.1. The molecule has 2 nitrogen and oxygen atoms in total. The van der Waals surface area contributed by atoms with Crippen LogP contribution in [0.2, 0.25) is 0 Å². The Bertz CT molecular complexity index is 2410. The lowest BCUT2D eigenvalue weighted by Gasteiger charge is -2.12. The molecule has 0 bridgehead atoms. The Morgan fingerprint density at radius 1 is 0.386 bits per heavy atom. The van der Waals surface area contributed by atoms with Crippen molar-refractivity contribution in [2.75, 3.05) is 0 Å². The Hall–Kier alpha value is -5.51. The van der Waals surface area contributed by atoms with Crippen molar-refractivity contribution in [1.29, 1.82) is 0 Å². The molecule has 9 aromatic rings. The third kappa shape index (κ3) is 4.05. The number of fused-ring (bicyclic) bond motifs is 6. The summed E-state index contributed by atoms with van der Waals surface area (Å²) in [5.74, 6) is 0. The second kappa shape index (κ2) is 10.0. The average Bonchev–Trinajstić information content (AvgIpc) is 3.62. The number of rotatable bonds is 4. The molecule has 3 heteroatoms. The minimum atomic E-state index is 0.973. The summed E-state index contributed by atoms with van der Waals surface area (Å²) in [6.07, 6.45) is 0. The third-order valence-corrected chi connectivity index (χ3v) is 9.73. The van der Waals surface area contributed by atoms with Gasteiger partial charge in [0, 0.05) is 47.8 Å². The lowest BCUT2D eigenvalue weighted by Crippen LogP contribution is -1.94. The number of thiophene rings is 1. The summed E-state index contributed by atoms with van der Waals surface area (Å²) >= 11 is 1.87. The highest BCUT2D eigenvalue weighted by Crippen LogP contribution is 2.41. The largest absolute Gasteiger partial charge is 0.309 e. The molecule has 3 heterocycles. The van der Waals surface area contributed by atoms with Gasteiger partial charge in [-0.1, -0.05) is 109 Å². The summed E-state index contributed by atoms with van der Waals surface area (Å²) in [5.41, 5.74) is 10.1. The molecule has 0 saturated carbocycles. The standard InChI is InChI=1S/C41H26N2S/c1-3-11-28(12-4-1)36-23-30(24-37(42-36)29-13-5-2-6-14-29)27-19-21-31(22-20-27)43-38-17-9-7-15-32(38)34-25-35-33-16-8-10-18-40(33)44-41(35)26-39(34)43/h1-26H. The fourth-order valence-corrected chi connectivity index (χ4v) is 7.60. The Labute approximate surface area is 259 Å². The molecule has 0 aliphatic carbocycles. The van der Waals surface area contributed by atoms with Crippen LogP contribution in [0.5, 0.6) is 0 Å². The smallest absolute Gasteiger partial charge is 0.0715 e. The first-order valence-electron chi connectivity index (χ1n) is 14.9. The van der Waals surface area contributed by atoms with Crippen LogP contribution in [-0.4, -0.2) is 9.55 Å². The average molecular weight is 579 g/mol. The summed E-state index contributed by atoms with van der Waals surface area (Å²) in [6.45, 7) is 0. The molecular formula is C41H26N2S. The van der Waals surface area contributed by atoms with Crippen molar-refractivity contribution in [2.45, 2.75) is 0 Å². The lowest BCUT2D eigenvalue weighted by molar-refractivity contribution is 1.18. The zero-order valence-corrected chi connectivity index (χ0v) is 24.6. The van der Waals surface area contributed by atoms with Gasteiger partial charge in [0.1, 0.15) is 0 Å². The predicted molar refractivity (Wildman–Crippen MR) is 188 cm³/mol. The molecule has 0 unspecified atom stereocenters. The number of benzene rings is 6. The molecule has 0 saturated heterocycles. The van der Waals surface area contributed by atoms with E-state index in [1.807, 2.05) is 23.5 Å². The molecule has 0 amide bonds. The quantitative estimate of drug-likeness (QED) is 0.203. The van der Waals surface area contributed by atoms with E-state index in [1.54, 1.807) is 0 Å². The van der Waals surface area contributed by atoms with Crippen LogP contribution >= 0.6 is 11.3 Å². The first-order valence-corrected chi connectivity index (χ1v) is 15.7. The topological polar surface area (TPSA) is 17.8 Å². The lowest BCUT2D eigenvalue weighted by atomic mass is 10.00.